The normalized spacial score (nSPS) is 10.3. The van der Waals surface area contributed by atoms with Gasteiger partial charge < -0.3 is 0 Å². The van der Waals surface area contributed by atoms with Gasteiger partial charge in [0.2, 0.25) is 5.82 Å². The Morgan fingerprint density at radius 1 is 0.714 bits per heavy atom. The van der Waals surface area contributed by atoms with Crippen LogP contribution in [-0.2, 0) is 0 Å². The molecule has 0 aliphatic carbocycles. The summed E-state index contributed by atoms with van der Waals surface area (Å²) in [4.78, 5) is 24.1. The van der Waals surface area contributed by atoms with Crippen LogP contribution in [0.15, 0.2) is 60.7 Å². The van der Waals surface area contributed by atoms with E-state index in [1.165, 1.54) is 0 Å². The highest BCUT2D eigenvalue weighted by Crippen LogP contribution is 2.20. The van der Waals surface area contributed by atoms with Crippen molar-refractivity contribution in [2.75, 3.05) is 0 Å². The van der Waals surface area contributed by atoms with E-state index in [0.717, 1.165) is 11.1 Å². The number of rotatable bonds is 3. The summed E-state index contributed by atoms with van der Waals surface area (Å²) >= 11 is 5.53. The van der Waals surface area contributed by atoms with E-state index in [1.807, 2.05) is 60.7 Å². The van der Waals surface area contributed by atoms with Crippen LogP contribution in [0.5, 0.6) is 0 Å². The van der Waals surface area contributed by atoms with Crippen molar-refractivity contribution in [1.29, 1.82) is 0 Å². The Balaban J connectivity index is 2.18. The second-order valence-electron chi connectivity index (χ2n) is 4.31. The van der Waals surface area contributed by atoms with Crippen molar-refractivity contribution in [2.24, 2.45) is 0 Å². The Kier molecular flexibility index (Phi) is 3.71. The van der Waals surface area contributed by atoms with Crippen LogP contribution in [0.3, 0.4) is 0 Å². The molecule has 0 fully saturated rings. The third-order valence-electron chi connectivity index (χ3n) is 2.88. The molecule has 1 aromatic heterocycles. The number of carbonyl (C=O) groups excluding carboxylic acids is 1. The van der Waals surface area contributed by atoms with Crippen molar-refractivity contribution in [3.63, 3.8) is 0 Å². The third-order valence-corrected chi connectivity index (χ3v) is 3.04. The lowest BCUT2D eigenvalue weighted by molar-refractivity contribution is 0.107. The predicted octanol–water partition coefficient (Wildman–Crippen LogP) is 3.58. The number of nitrogens with zero attached hydrogens (tertiary/aromatic N) is 3. The Hall–Kier alpha value is -2.59. The zero-order valence-corrected chi connectivity index (χ0v) is 11.7. The maximum atomic E-state index is 11.4. The number of hydrogen-bond donors (Lipinski definition) is 0. The van der Waals surface area contributed by atoms with Gasteiger partial charge in [0.25, 0.3) is 5.24 Å². The lowest BCUT2D eigenvalue weighted by atomic mass is 10.2. The van der Waals surface area contributed by atoms with Gasteiger partial charge in [-0.05, 0) is 11.6 Å². The minimum atomic E-state index is -0.702. The molecule has 0 radical (unpaired) electrons. The van der Waals surface area contributed by atoms with Crippen molar-refractivity contribution < 1.29 is 4.79 Å². The van der Waals surface area contributed by atoms with E-state index in [-0.39, 0.29) is 5.82 Å². The van der Waals surface area contributed by atoms with Crippen LogP contribution in [0.4, 0.5) is 0 Å². The van der Waals surface area contributed by atoms with Crippen LogP contribution >= 0.6 is 11.6 Å². The van der Waals surface area contributed by atoms with Crippen LogP contribution in [0.2, 0.25) is 0 Å². The first kappa shape index (κ1) is 13.4. The van der Waals surface area contributed by atoms with Crippen LogP contribution in [-0.4, -0.2) is 20.2 Å². The fourth-order valence-electron chi connectivity index (χ4n) is 1.90. The van der Waals surface area contributed by atoms with E-state index in [4.69, 9.17) is 11.6 Å². The summed E-state index contributed by atoms with van der Waals surface area (Å²) in [5.74, 6) is 0.797. The molecule has 0 saturated heterocycles. The van der Waals surface area contributed by atoms with Gasteiger partial charge in [-0.15, -0.1) is 0 Å². The van der Waals surface area contributed by atoms with Crippen molar-refractivity contribution in [3.05, 3.63) is 66.5 Å². The van der Waals surface area contributed by atoms with Gasteiger partial charge in [0.05, 0.1) is 0 Å². The van der Waals surface area contributed by atoms with E-state index < -0.39 is 5.24 Å². The Bertz CT molecular complexity index is 718. The zero-order chi connectivity index (χ0) is 14.7. The zero-order valence-electron chi connectivity index (χ0n) is 10.9. The molecule has 1 heterocycles. The van der Waals surface area contributed by atoms with Crippen LogP contribution < -0.4 is 0 Å². The standard InChI is InChI=1S/C16H10ClN3O/c17-13(21)16-19-14(11-7-3-1-4-8-11)18-15(20-16)12-9-5-2-6-10-12/h1-10H. The summed E-state index contributed by atoms with van der Waals surface area (Å²) in [6.07, 6.45) is 0. The Labute approximate surface area is 126 Å². The molecule has 0 aliphatic heterocycles. The molecule has 0 unspecified atom stereocenters. The molecule has 0 saturated carbocycles. The smallest absolute Gasteiger partial charge is 0.272 e. The molecule has 5 heteroatoms. The van der Waals surface area contributed by atoms with Crippen molar-refractivity contribution >= 4 is 16.8 Å². The number of halogens is 1. The van der Waals surface area contributed by atoms with E-state index >= 15 is 0 Å². The van der Waals surface area contributed by atoms with Crippen LogP contribution in [0, 0.1) is 0 Å². The average molecular weight is 296 g/mol. The van der Waals surface area contributed by atoms with Crippen LogP contribution in [0.25, 0.3) is 22.8 Å². The van der Waals surface area contributed by atoms with E-state index in [1.54, 1.807) is 0 Å². The SMILES string of the molecule is O=C(Cl)c1nc(-c2ccccc2)nc(-c2ccccc2)n1. The van der Waals surface area contributed by atoms with E-state index in [9.17, 15) is 4.79 Å². The first-order valence-corrected chi connectivity index (χ1v) is 6.68. The number of carbonyl (C=O) groups is 1. The maximum absolute atomic E-state index is 11.4. The summed E-state index contributed by atoms with van der Waals surface area (Å²) in [6.45, 7) is 0. The second kappa shape index (κ2) is 5.81. The molecule has 0 atom stereocenters. The van der Waals surface area contributed by atoms with Gasteiger partial charge in [-0.2, -0.15) is 0 Å². The molecular formula is C16H10ClN3O. The highest BCUT2D eigenvalue weighted by atomic mass is 35.5. The quantitative estimate of drug-likeness (QED) is 0.693. The monoisotopic (exact) mass is 295 g/mol. The number of aromatic nitrogens is 3. The van der Waals surface area contributed by atoms with Gasteiger partial charge in [0, 0.05) is 11.1 Å². The number of benzene rings is 2. The van der Waals surface area contributed by atoms with Crippen molar-refractivity contribution in [1.82, 2.24) is 15.0 Å². The van der Waals surface area contributed by atoms with Gasteiger partial charge in [0.15, 0.2) is 11.6 Å². The molecule has 0 N–H and O–H groups in total. The van der Waals surface area contributed by atoms with Gasteiger partial charge >= 0.3 is 0 Å². The molecule has 0 bridgehead atoms. The average Bonchev–Trinajstić information content (AvgIpc) is 2.56. The molecule has 0 amide bonds. The number of hydrogen-bond acceptors (Lipinski definition) is 4. The van der Waals surface area contributed by atoms with Gasteiger partial charge in [-0.25, -0.2) is 15.0 Å². The molecule has 102 valence electrons. The largest absolute Gasteiger partial charge is 0.289 e. The molecule has 3 aromatic rings. The topological polar surface area (TPSA) is 55.7 Å². The molecule has 3 rings (SSSR count). The summed E-state index contributed by atoms with van der Waals surface area (Å²) in [5, 5.41) is -0.702. The lowest BCUT2D eigenvalue weighted by Crippen LogP contribution is -2.05. The minimum Gasteiger partial charge on any atom is -0.272 e. The van der Waals surface area contributed by atoms with Gasteiger partial charge in [-0.1, -0.05) is 60.7 Å². The van der Waals surface area contributed by atoms with Gasteiger partial charge in [0.1, 0.15) is 0 Å². The molecular weight excluding hydrogens is 286 g/mol. The Morgan fingerprint density at radius 2 is 1.14 bits per heavy atom. The van der Waals surface area contributed by atoms with Crippen molar-refractivity contribution in [3.8, 4) is 22.8 Å². The highest BCUT2D eigenvalue weighted by molar-refractivity contribution is 6.67. The molecule has 0 spiro atoms. The minimum absolute atomic E-state index is 0.0515. The van der Waals surface area contributed by atoms with Gasteiger partial charge in [-0.3, -0.25) is 4.79 Å². The molecule has 21 heavy (non-hydrogen) atoms. The maximum Gasteiger partial charge on any atom is 0.289 e. The second-order valence-corrected chi connectivity index (χ2v) is 4.66. The van der Waals surface area contributed by atoms with Crippen molar-refractivity contribution in [2.45, 2.75) is 0 Å². The summed E-state index contributed by atoms with van der Waals surface area (Å²) in [6, 6.07) is 18.8. The first-order valence-electron chi connectivity index (χ1n) is 6.31. The lowest BCUT2D eigenvalue weighted by Gasteiger charge is -2.05. The fraction of sp³-hybridized carbons (Fsp3) is 0. The van der Waals surface area contributed by atoms with Crippen LogP contribution in [0.1, 0.15) is 10.6 Å². The Morgan fingerprint density at radius 3 is 1.52 bits per heavy atom. The molecule has 2 aromatic carbocycles. The fourth-order valence-corrected chi connectivity index (χ4v) is 1.98. The third kappa shape index (κ3) is 2.95. The summed E-state index contributed by atoms with van der Waals surface area (Å²) < 4.78 is 0. The summed E-state index contributed by atoms with van der Waals surface area (Å²) in [5.41, 5.74) is 1.60. The van der Waals surface area contributed by atoms with E-state index in [2.05, 4.69) is 15.0 Å². The van der Waals surface area contributed by atoms with E-state index in [0.29, 0.717) is 11.6 Å². The highest BCUT2D eigenvalue weighted by Gasteiger charge is 2.13. The molecule has 4 nitrogen and oxygen atoms in total. The molecule has 0 aliphatic rings. The first-order chi connectivity index (χ1) is 10.2. The summed E-state index contributed by atoms with van der Waals surface area (Å²) in [7, 11) is 0. The predicted molar refractivity (Wildman–Crippen MR) is 80.9 cm³/mol.